The quantitative estimate of drug-likeness (QED) is 0.329. The molecule has 0 saturated heterocycles. The maximum atomic E-state index is 12.4. The molecular weight excluding hydrogens is 428 g/mol. The Kier molecular flexibility index (Phi) is 6.31. The van der Waals surface area contributed by atoms with Crippen LogP contribution in [0.3, 0.4) is 0 Å². The minimum absolute atomic E-state index is 0.157. The molecule has 0 aliphatic carbocycles. The summed E-state index contributed by atoms with van der Waals surface area (Å²) in [6.07, 6.45) is 3.15. The molecule has 0 aliphatic heterocycles. The first kappa shape index (κ1) is 21.3. The Morgan fingerprint density at radius 3 is 2.53 bits per heavy atom. The van der Waals surface area contributed by atoms with Gasteiger partial charge in [-0.25, -0.2) is 14.6 Å². The van der Waals surface area contributed by atoms with Gasteiger partial charge in [-0.1, -0.05) is 17.8 Å². The highest BCUT2D eigenvalue weighted by molar-refractivity contribution is 8.00. The maximum Gasteiger partial charge on any atom is 0.234 e. The van der Waals surface area contributed by atoms with E-state index in [4.69, 9.17) is 4.74 Å². The number of hydrogen-bond donors (Lipinski definition) is 2. The molecule has 0 spiro atoms. The lowest BCUT2D eigenvalue weighted by atomic mass is 10.2. The van der Waals surface area contributed by atoms with E-state index in [2.05, 4.69) is 25.7 Å². The minimum atomic E-state index is -0.190. The van der Waals surface area contributed by atoms with Crippen molar-refractivity contribution in [2.45, 2.75) is 11.9 Å². The summed E-state index contributed by atoms with van der Waals surface area (Å²) < 4.78 is 6.91. The van der Waals surface area contributed by atoms with Gasteiger partial charge >= 0.3 is 0 Å². The third kappa shape index (κ3) is 4.86. The Hall–Kier alpha value is -3.92. The number of nitrogens with zero attached hydrogens (tertiary/aromatic N) is 4. The third-order valence-corrected chi connectivity index (χ3v) is 5.46. The summed E-state index contributed by atoms with van der Waals surface area (Å²) in [6, 6.07) is 14.5. The normalized spacial score (nSPS) is 10.7. The van der Waals surface area contributed by atoms with Gasteiger partial charge < -0.3 is 15.4 Å². The predicted molar refractivity (Wildman–Crippen MR) is 123 cm³/mol. The molecule has 2 N–H and O–H groups in total. The molecule has 2 aromatic heterocycles. The smallest absolute Gasteiger partial charge is 0.234 e. The molecule has 0 saturated carbocycles. The van der Waals surface area contributed by atoms with Gasteiger partial charge in [-0.05, 0) is 42.5 Å². The van der Waals surface area contributed by atoms with E-state index in [0.717, 1.165) is 16.8 Å². The zero-order chi connectivity index (χ0) is 22.5. The fraction of sp³-hybridized carbons (Fsp3) is 0.136. The number of carbonyl (C=O) groups excluding carboxylic acids is 2. The van der Waals surface area contributed by atoms with Crippen molar-refractivity contribution in [3.05, 3.63) is 61.1 Å². The van der Waals surface area contributed by atoms with Crippen LogP contribution in [-0.2, 0) is 9.59 Å². The number of amides is 2. The van der Waals surface area contributed by atoms with Crippen LogP contribution in [-0.4, -0.2) is 44.4 Å². The number of aromatic nitrogens is 4. The van der Waals surface area contributed by atoms with E-state index in [1.165, 1.54) is 25.0 Å². The maximum absolute atomic E-state index is 12.4. The topological polar surface area (TPSA) is 111 Å². The molecule has 4 aromatic rings. The van der Waals surface area contributed by atoms with Crippen LogP contribution in [0.5, 0.6) is 5.75 Å². The van der Waals surface area contributed by atoms with Crippen molar-refractivity contribution in [1.82, 2.24) is 19.7 Å². The van der Waals surface area contributed by atoms with Gasteiger partial charge in [0.05, 0.1) is 30.1 Å². The lowest BCUT2D eigenvalue weighted by Gasteiger charge is -2.08. The van der Waals surface area contributed by atoms with Gasteiger partial charge in [0, 0.05) is 18.3 Å². The van der Waals surface area contributed by atoms with Crippen molar-refractivity contribution in [2.75, 3.05) is 23.5 Å². The van der Waals surface area contributed by atoms with E-state index < -0.39 is 0 Å². The number of ether oxygens (including phenoxy) is 1. The molecule has 9 nitrogen and oxygen atoms in total. The van der Waals surface area contributed by atoms with Crippen molar-refractivity contribution in [2.24, 2.45) is 0 Å². The number of methoxy groups -OCH3 is 1. The van der Waals surface area contributed by atoms with Crippen LogP contribution in [0.1, 0.15) is 6.92 Å². The van der Waals surface area contributed by atoms with Crippen LogP contribution < -0.4 is 15.4 Å². The van der Waals surface area contributed by atoms with Crippen molar-refractivity contribution in [3.63, 3.8) is 0 Å². The summed E-state index contributed by atoms with van der Waals surface area (Å²) in [5.41, 5.74) is 2.71. The summed E-state index contributed by atoms with van der Waals surface area (Å²) in [7, 11) is 1.62. The molecular formula is C22H20N6O3S. The molecule has 4 rings (SSSR count). The van der Waals surface area contributed by atoms with Gasteiger partial charge in [0.2, 0.25) is 11.8 Å². The van der Waals surface area contributed by atoms with Crippen molar-refractivity contribution in [3.8, 4) is 11.4 Å². The van der Waals surface area contributed by atoms with Crippen LogP contribution in [0, 0.1) is 0 Å². The molecule has 0 bridgehead atoms. The van der Waals surface area contributed by atoms with E-state index >= 15 is 0 Å². The first-order chi connectivity index (χ1) is 15.5. The number of rotatable bonds is 7. The summed E-state index contributed by atoms with van der Waals surface area (Å²) in [5.74, 6) is 0.547. The van der Waals surface area contributed by atoms with Crippen LogP contribution in [0.2, 0.25) is 0 Å². The number of thioether (sulfide) groups is 1. The number of fused-ring (bicyclic) bond motifs is 1. The number of benzene rings is 2. The number of hydrogen-bond acceptors (Lipinski definition) is 7. The first-order valence-electron chi connectivity index (χ1n) is 9.67. The SMILES string of the molecule is COc1ccc(-n2ncc3c(SCC(=O)Nc4cccc(NC(C)=O)c4)ncnc32)cc1. The van der Waals surface area contributed by atoms with Gasteiger partial charge in [-0.15, -0.1) is 0 Å². The Bertz CT molecular complexity index is 1270. The van der Waals surface area contributed by atoms with Crippen molar-refractivity contribution in [1.29, 1.82) is 0 Å². The number of anilines is 2. The third-order valence-electron chi connectivity index (χ3n) is 4.45. The summed E-state index contributed by atoms with van der Waals surface area (Å²) >= 11 is 1.30. The van der Waals surface area contributed by atoms with Crippen LogP contribution >= 0.6 is 11.8 Å². The lowest BCUT2D eigenvalue weighted by Crippen LogP contribution is -2.14. The second-order valence-corrected chi connectivity index (χ2v) is 7.73. The first-order valence-corrected chi connectivity index (χ1v) is 10.7. The molecule has 0 aliphatic rings. The van der Waals surface area contributed by atoms with Crippen molar-refractivity contribution >= 4 is 46.0 Å². The number of nitrogens with one attached hydrogen (secondary N) is 2. The zero-order valence-electron chi connectivity index (χ0n) is 17.4. The summed E-state index contributed by atoms with van der Waals surface area (Å²) in [6.45, 7) is 1.43. The number of carbonyl (C=O) groups is 2. The molecule has 32 heavy (non-hydrogen) atoms. The predicted octanol–water partition coefficient (Wildman–Crippen LogP) is 3.51. The largest absolute Gasteiger partial charge is 0.497 e. The lowest BCUT2D eigenvalue weighted by molar-refractivity contribution is -0.114. The standard InChI is InChI=1S/C22H20N6O3S/c1-14(29)26-15-4-3-5-16(10-15)27-20(30)12-32-22-19-11-25-28(21(19)23-13-24-22)17-6-8-18(31-2)9-7-17/h3-11,13H,12H2,1-2H3,(H,26,29)(H,27,30). The van der Waals surface area contributed by atoms with Crippen LogP contribution in [0.25, 0.3) is 16.7 Å². The minimum Gasteiger partial charge on any atom is -0.497 e. The molecule has 10 heteroatoms. The highest BCUT2D eigenvalue weighted by Crippen LogP contribution is 2.26. The second kappa shape index (κ2) is 9.48. The molecule has 2 aromatic carbocycles. The van der Waals surface area contributed by atoms with Gasteiger partial charge in [0.1, 0.15) is 17.1 Å². The average Bonchev–Trinajstić information content (AvgIpc) is 3.22. The molecule has 2 amide bonds. The summed E-state index contributed by atoms with van der Waals surface area (Å²) in [5, 5.41) is 11.4. The van der Waals surface area contributed by atoms with Crippen LogP contribution in [0.4, 0.5) is 11.4 Å². The second-order valence-electron chi connectivity index (χ2n) is 6.77. The monoisotopic (exact) mass is 448 g/mol. The average molecular weight is 449 g/mol. The molecule has 0 radical (unpaired) electrons. The van der Waals surface area contributed by atoms with E-state index in [1.807, 2.05) is 24.3 Å². The fourth-order valence-electron chi connectivity index (χ4n) is 3.06. The van der Waals surface area contributed by atoms with Crippen molar-refractivity contribution < 1.29 is 14.3 Å². The van der Waals surface area contributed by atoms with E-state index in [1.54, 1.807) is 42.3 Å². The highest BCUT2D eigenvalue weighted by atomic mass is 32.2. The Labute approximate surface area is 188 Å². The van der Waals surface area contributed by atoms with Gasteiger partial charge in [-0.2, -0.15) is 5.10 Å². The zero-order valence-corrected chi connectivity index (χ0v) is 18.2. The van der Waals surface area contributed by atoms with E-state index in [-0.39, 0.29) is 17.6 Å². The van der Waals surface area contributed by atoms with Gasteiger partial charge in [0.15, 0.2) is 5.65 Å². The molecule has 0 atom stereocenters. The highest BCUT2D eigenvalue weighted by Gasteiger charge is 2.13. The van der Waals surface area contributed by atoms with E-state index in [0.29, 0.717) is 22.0 Å². The Balaban J connectivity index is 1.46. The fourth-order valence-corrected chi connectivity index (χ4v) is 3.82. The Morgan fingerprint density at radius 1 is 1.06 bits per heavy atom. The van der Waals surface area contributed by atoms with Crippen LogP contribution in [0.15, 0.2) is 66.1 Å². The molecule has 2 heterocycles. The molecule has 0 fully saturated rings. The molecule has 162 valence electrons. The summed E-state index contributed by atoms with van der Waals surface area (Å²) in [4.78, 5) is 32.3. The van der Waals surface area contributed by atoms with Gasteiger partial charge in [-0.3, -0.25) is 9.59 Å². The van der Waals surface area contributed by atoms with Gasteiger partial charge in [0.25, 0.3) is 0 Å². The van der Waals surface area contributed by atoms with E-state index in [9.17, 15) is 9.59 Å². The molecule has 0 unspecified atom stereocenters. The Morgan fingerprint density at radius 2 is 1.81 bits per heavy atom.